The first-order valence-electron chi connectivity index (χ1n) is 9.90. The van der Waals surface area contributed by atoms with Crippen molar-refractivity contribution in [1.82, 2.24) is 9.29 Å². The Hall–Kier alpha value is -2.75. The number of nitrogens with zero attached hydrogens (tertiary/aromatic N) is 2. The second kappa shape index (κ2) is 9.59. The summed E-state index contributed by atoms with van der Waals surface area (Å²) in [6.45, 7) is 1.38. The summed E-state index contributed by atoms with van der Waals surface area (Å²) in [5.74, 6) is 0.0428. The molecule has 0 radical (unpaired) electrons. The first-order chi connectivity index (χ1) is 15.0. The van der Waals surface area contributed by atoms with Crippen molar-refractivity contribution in [2.45, 2.75) is 31.0 Å². The van der Waals surface area contributed by atoms with Gasteiger partial charge in [0.25, 0.3) is 0 Å². The van der Waals surface area contributed by atoms with E-state index in [9.17, 15) is 13.2 Å². The molecule has 31 heavy (non-hydrogen) atoms. The highest BCUT2D eigenvalue weighted by atomic mass is 32.2. The molecule has 0 N–H and O–H groups in total. The summed E-state index contributed by atoms with van der Waals surface area (Å²) in [6, 6.07) is 14.3. The van der Waals surface area contributed by atoms with Crippen LogP contribution in [0.4, 0.5) is 0 Å². The SMILES string of the molecule is O=C(OCc1ccc(OCc2ccccn2)cc1)c1sccc1S(=O)(=O)N1CCCC1. The highest BCUT2D eigenvalue weighted by Gasteiger charge is 2.32. The fourth-order valence-electron chi connectivity index (χ4n) is 3.25. The van der Waals surface area contributed by atoms with E-state index < -0.39 is 16.0 Å². The van der Waals surface area contributed by atoms with E-state index in [0.717, 1.165) is 35.4 Å². The van der Waals surface area contributed by atoms with Gasteiger partial charge in [-0.05, 0) is 54.1 Å². The van der Waals surface area contributed by atoms with Gasteiger partial charge in [-0.25, -0.2) is 13.2 Å². The fourth-order valence-corrected chi connectivity index (χ4v) is 6.05. The molecule has 0 amide bonds. The Morgan fingerprint density at radius 3 is 2.52 bits per heavy atom. The molecule has 2 aromatic heterocycles. The summed E-state index contributed by atoms with van der Waals surface area (Å²) < 4.78 is 38.1. The van der Waals surface area contributed by atoms with Gasteiger partial charge >= 0.3 is 5.97 Å². The molecule has 4 rings (SSSR count). The van der Waals surface area contributed by atoms with Crippen LogP contribution in [0.25, 0.3) is 0 Å². The third-order valence-electron chi connectivity index (χ3n) is 4.90. The number of ether oxygens (including phenoxy) is 2. The number of esters is 1. The molecule has 0 spiro atoms. The summed E-state index contributed by atoms with van der Waals surface area (Å²) in [5, 5.41) is 1.60. The van der Waals surface area contributed by atoms with Gasteiger partial charge in [-0.1, -0.05) is 18.2 Å². The van der Waals surface area contributed by atoms with Gasteiger partial charge in [0.2, 0.25) is 10.0 Å². The molecule has 9 heteroatoms. The number of sulfonamides is 1. The Morgan fingerprint density at radius 1 is 1.03 bits per heavy atom. The average Bonchev–Trinajstić information content (AvgIpc) is 3.50. The molecule has 0 aliphatic carbocycles. The lowest BCUT2D eigenvalue weighted by Crippen LogP contribution is -2.28. The van der Waals surface area contributed by atoms with Crippen molar-refractivity contribution in [3.63, 3.8) is 0 Å². The monoisotopic (exact) mass is 458 g/mol. The summed E-state index contributed by atoms with van der Waals surface area (Å²) in [7, 11) is -3.67. The zero-order chi connectivity index (χ0) is 21.7. The van der Waals surface area contributed by atoms with Crippen molar-refractivity contribution in [2.75, 3.05) is 13.1 Å². The molecule has 1 aromatic carbocycles. The zero-order valence-electron chi connectivity index (χ0n) is 16.8. The molecule has 3 heterocycles. The van der Waals surface area contributed by atoms with Crippen LogP contribution in [-0.2, 0) is 28.0 Å². The van der Waals surface area contributed by atoms with Crippen molar-refractivity contribution >= 4 is 27.3 Å². The quantitative estimate of drug-likeness (QED) is 0.477. The fraction of sp³-hybridized carbons (Fsp3) is 0.273. The molecule has 0 unspecified atom stereocenters. The topological polar surface area (TPSA) is 85.8 Å². The minimum Gasteiger partial charge on any atom is -0.487 e. The van der Waals surface area contributed by atoms with Crippen LogP contribution in [-0.4, -0.2) is 36.8 Å². The molecule has 0 bridgehead atoms. The molecular formula is C22H22N2O5S2. The Bertz CT molecular complexity index is 1120. The Balaban J connectivity index is 1.35. The smallest absolute Gasteiger partial charge is 0.350 e. The Kier molecular flexibility index (Phi) is 6.64. The van der Waals surface area contributed by atoms with Gasteiger partial charge in [-0.3, -0.25) is 4.98 Å². The van der Waals surface area contributed by atoms with E-state index in [4.69, 9.17) is 9.47 Å². The van der Waals surface area contributed by atoms with E-state index in [-0.39, 0.29) is 16.4 Å². The van der Waals surface area contributed by atoms with E-state index in [0.29, 0.717) is 25.4 Å². The lowest BCUT2D eigenvalue weighted by Gasteiger charge is -2.15. The van der Waals surface area contributed by atoms with Gasteiger partial charge < -0.3 is 9.47 Å². The maximum absolute atomic E-state index is 12.8. The first kappa shape index (κ1) is 21.5. The zero-order valence-corrected chi connectivity index (χ0v) is 18.4. The van der Waals surface area contributed by atoms with Gasteiger partial charge in [-0.2, -0.15) is 4.31 Å². The average molecular weight is 459 g/mol. The number of rotatable bonds is 8. The maximum atomic E-state index is 12.8. The van der Waals surface area contributed by atoms with Crippen molar-refractivity contribution < 1.29 is 22.7 Å². The minimum absolute atomic E-state index is 0.0302. The molecule has 1 fully saturated rings. The van der Waals surface area contributed by atoms with Crippen LogP contribution in [0.15, 0.2) is 65.0 Å². The molecule has 3 aromatic rings. The number of carbonyl (C=O) groups is 1. The highest BCUT2D eigenvalue weighted by Crippen LogP contribution is 2.28. The van der Waals surface area contributed by atoms with Crippen molar-refractivity contribution in [3.05, 3.63) is 76.2 Å². The molecule has 7 nitrogen and oxygen atoms in total. The molecule has 0 atom stereocenters. The van der Waals surface area contributed by atoms with E-state index in [2.05, 4.69) is 4.98 Å². The number of benzene rings is 1. The van der Waals surface area contributed by atoms with E-state index in [1.54, 1.807) is 35.8 Å². The molecule has 1 aliphatic rings. The number of hydrogen-bond acceptors (Lipinski definition) is 7. The second-order valence-corrected chi connectivity index (χ2v) is 9.88. The molecule has 162 valence electrons. The minimum atomic E-state index is -3.67. The molecule has 0 saturated carbocycles. The van der Waals surface area contributed by atoms with Gasteiger partial charge in [0.05, 0.1) is 5.69 Å². The summed E-state index contributed by atoms with van der Waals surface area (Å²) in [4.78, 5) is 16.9. The van der Waals surface area contributed by atoms with Crippen LogP contribution in [0.2, 0.25) is 0 Å². The van der Waals surface area contributed by atoms with Crippen LogP contribution in [0.3, 0.4) is 0 Å². The van der Waals surface area contributed by atoms with E-state index >= 15 is 0 Å². The number of hydrogen-bond donors (Lipinski definition) is 0. The second-order valence-electron chi connectivity index (χ2n) is 7.06. The highest BCUT2D eigenvalue weighted by molar-refractivity contribution is 7.89. The number of thiophene rings is 1. The van der Waals surface area contributed by atoms with Gasteiger partial charge in [0.1, 0.15) is 28.7 Å². The van der Waals surface area contributed by atoms with E-state index in [1.165, 1.54) is 10.4 Å². The van der Waals surface area contributed by atoms with Crippen molar-refractivity contribution in [2.24, 2.45) is 0 Å². The summed E-state index contributed by atoms with van der Waals surface area (Å²) >= 11 is 1.08. The molecule has 1 aliphatic heterocycles. The lowest BCUT2D eigenvalue weighted by atomic mass is 10.2. The Labute approximate surface area is 185 Å². The van der Waals surface area contributed by atoms with Crippen LogP contribution in [0.5, 0.6) is 5.75 Å². The molecular weight excluding hydrogens is 436 g/mol. The first-order valence-corrected chi connectivity index (χ1v) is 12.2. The van der Waals surface area contributed by atoms with Crippen LogP contribution < -0.4 is 4.74 Å². The Morgan fingerprint density at radius 2 is 1.81 bits per heavy atom. The van der Waals surface area contributed by atoms with Gasteiger partial charge in [0, 0.05) is 19.3 Å². The largest absolute Gasteiger partial charge is 0.487 e. The van der Waals surface area contributed by atoms with Gasteiger partial charge in [-0.15, -0.1) is 11.3 Å². The maximum Gasteiger partial charge on any atom is 0.350 e. The summed E-state index contributed by atoms with van der Waals surface area (Å²) in [5.41, 5.74) is 1.61. The number of aromatic nitrogens is 1. The van der Waals surface area contributed by atoms with E-state index in [1.807, 2.05) is 18.2 Å². The molecule has 1 saturated heterocycles. The van der Waals surface area contributed by atoms with Crippen LogP contribution in [0, 0.1) is 0 Å². The van der Waals surface area contributed by atoms with Gasteiger partial charge in [0.15, 0.2) is 0 Å². The van der Waals surface area contributed by atoms with Crippen molar-refractivity contribution in [3.8, 4) is 5.75 Å². The standard InChI is InChI=1S/C22H22N2O5S2/c25-22(21-20(10-14-30-21)31(26,27)24-12-3-4-13-24)29-15-17-6-8-19(9-7-17)28-16-18-5-1-2-11-23-18/h1-2,5-11,14H,3-4,12-13,15-16H2. The number of pyridine rings is 1. The predicted molar refractivity (Wildman–Crippen MR) is 116 cm³/mol. The lowest BCUT2D eigenvalue weighted by molar-refractivity contribution is 0.0474. The number of carbonyl (C=O) groups excluding carboxylic acids is 1. The summed E-state index contributed by atoms with van der Waals surface area (Å²) in [6.07, 6.45) is 3.39. The normalized spacial score (nSPS) is 14.5. The third-order valence-corrected chi connectivity index (χ3v) is 7.87. The van der Waals surface area contributed by atoms with Crippen LogP contribution >= 0.6 is 11.3 Å². The van der Waals surface area contributed by atoms with Crippen LogP contribution in [0.1, 0.15) is 33.8 Å². The van der Waals surface area contributed by atoms with Crippen molar-refractivity contribution in [1.29, 1.82) is 0 Å². The predicted octanol–water partition coefficient (Wildman–Crippen LogP) is 3.86. The third kappa shape index (κ3) is 5.12.